The molecule has 0 saturated heterocycles. The first-order chi connectivity index (χ1) is 9.31. The lowest BCUT2D eigenvalue weighted by Crippen LogP contribution is -1.93. The van der Waals surface area contributed by atoms with E-state index in [1.54, 1.807) is 34.9 Å². The van der Waals surface area contributed by atoms with Crippen molar-refractivity contribution >= 4 is 5.65 Å². The Balaban J connectivity index is 2.19. The van der Waals surface area contributed by atoms with Crippen molar-refractivity contribution in [3.63, 3.8) is 0 Å². The molecular weight excluding hydrogens is 240 g/mol. The SMILES string of the molecule is N#Cc1ccc(-c2nnc3ccc(C#N)cn23)nc1. The zero-order chi connectivity index (χ0) is 13.2. The van der Waals surface area contributed by atoms with E-state index in [1.807, 2.05) is 6.07 Å². The van der Waals surface area contributed by atoms with Crippen LogP contribution in [0.1, 0.15) is 11.1 Å². The molecule has 19 heavy (non-hydrogen) atoms. The lowest BCUT2D eigenvalue weighted by atomic mass is 10.2. The van der Waals surface area contributed by atoms with Gasteiger partial charge >= 0.3 is 0 Å². The lowest BCUT2D eigenvalue weighted by molar-refractivity contribution is 1.09. The maximum atomic E-state index is 8.91. The summed E-state index contributed by atoms with van der Waals surface area (Å²) in [5, 5.41) is 25.7. The summed E-state index contributed by atoms with van der Waals surface area (Å²) in [6.45, 7) is 0. The molecule has 3 heterocycles. The summed E-state index contributed by atoms with van der Waals surface area (Å²) < 4.78 is 1.70. The van der Waals surface area contributed by atoms with Crippen LogP contribution >= 0.6 is 0 Å². The van der Waals surface area contributed by atoms with Gasteiger partial charge in [0, 0.05) is 12.4 Å². The Morgan fingerprint density at radius 3 is 2.42 bits per heavy atom. The summed E-state index contributed by atoms with van der Waals surface area (Å²) in [6.07, 6.45) is 3.13. The fourth-order valence-corrected chi connectivity index (χ4v) is 1.72. The normalized spacial score (nSPS) is 10.0. The van der Waals surface area contributed by atoms with Gasteiger partial charge in [0.25, 0.3) is 0 Å². The smallest absolute Gasteiger partial charge is 0.187 e. The summed E-state index contributed by atoms with van der Waals surface area (Å²) in [5.41, 5.74) is 2.24. The average Bonchev–Trinajstić information content (AvgIpc) is 2.90. The molecule has 0 amide bonds. The standard InChI is InChI=1S/C13H6N6/c14-5-9-1-3-11(16-7-9)13-18-17-12-4-2-10(6-15)8-19(12)13/h1-4,7-8H. The van der Waals surface area contributed by atoms with E-state index in [-0.39, 0.29) is 0 Å². The number of fused-ring (bicyclic) bond motifs is 1. The number of nitrogens with zero attached hydrogens (tertiary/aromatic N) is 6. The maximum absolute atomic E-state index is 8.91. The Morgan fingerprint density at radius 2 is 1.74 bits per heavy atom. The van der Waals surface area contributed by atoms with E-state index in [9.17, 15) is 0 Å². The molecule has 3 aromatic heterocycles. The van der Waals surface area contributed by atoms with Crippen LogP contribution in [0.15, 0.2) is 36.7 Å². The number of pyridine rings is 2. The van der Waals surface area contributed by atoms with Crippen molar-refractivity contribution in [1.29, 1.82) is 10.5 Å². The van der Waals surface area contributed by atoms with Gasteiger partial charge in [-0.3, -0.25) is 9.38 Å². The van der Waals surface area contributed by atoms with Crippen molar-refractivity contribution < 1.29 is 0 Å². The fourth-order valence-electron chi connectivity index (χ4n) is 1.72. The average molecular weight is 246 g/mol. The largest absolute Gasteiger partial charge is 0.280 e. The van der Waals surface area contributed by atoms with Crippen molar-refractivity contribution in [3.8, 4) is 23.7 Å². The minimum atomic E-state index is 0.482. The molecule has 6 heteroatoms. The van der Waals surface area contributed by atoms with Gasteiger partial charge in [0.2, 0.25) is 0 Å². The van der Waals surface area contributed by atoms with Crippen LogP contribution < -0.4 is 0 Å². The predicted octanol–water partition coefficient (Wildman–Crippen LogP) is 1.53. The van der Waals surface area contributed by atoms with Gasteiger partial charge in [-0.15, -0.1) is 10.2 Å². The molecule has 0 aliphatic carbocycles. The monoisotopic (exact) mass is 246 g/mol. The molecule has 3 rings (SSSR count). The van der Waals surface area contributed by atoms with Gasteiger partial charge in [-0.25, -0.2) is 0 Å². The van der Waals surface area contributed by atoms with Gasteiger partial charge in [0.15, 0.2) is 11.5 Å². The molecule has 0 radical (unpaired) electrons. The van der Waals surface area contributed by atoms with Crippen LogP contribution in [-0.4, -0.2) is 19.6 Å². The van der Waals surface area contributed by atoms with E-state index in [0.717, 1.165) is 0 Å². The highest BCUT2D eigenvalue weighted by atomic mass is 15.2. The van der Waals surface area contributed by atoms with Crippen molar-refractivity contribution in [2.75, 3.05) is 0 Å². The highest BCUT2D eigenvalue weighted by Gasteiger charge is 2.09. The van der Waals surface area contributed by atoms with E-state index in [1.165, 1.54) is 6.20 Å². The summed E-state index contributed by atoms with van der Waals surface area (Å²) in [5.74, 6) is 0.539. The molecule has 0 N–H and O–H groups in total. The summed E-state index contributed by atoms with van der Waals surface area (Å²) in [6, 6.07) is 10.8. The van der Waals surface area contributed by atoms with Crippen molar-refractivity contribution in [2.45, 2.75) is 0 Å². The van der Waals surface area contributed by atoms with Crippen LogP contribution in [0, 0.1) is 22.7 Å². The Bertz CT molecular complexity index is 832. The molecule has 0 atom stereocenters. The summed E-state index contributed by atoms with van der Waals surface area (Å²) >= 11 is 0. The first-order valence-electron chi connectivity index (χ1n) is 5.43. The third-order valence-electron chi connectivity index (χ3n) is 2.65. The van der Waals surface area contributed by atoms with E-state index in [4.69, 9.17) is 10.5 Å². The lowest BCUT2D eigenvalue weighted by Gasteiger charge is -1.99. The Kier molecular flexibility index (Phi) is 2.41. The highest BCUT2D eigenvalue weighted by molar-refractivity contribution is 5.56. The minimum absolute atomic E-state index is 0.482. The molecular formula is C13H6N6. The van der Waals surface area contributed by atoms with Crippen LogP contribution in [-0.2, 0) is 0 Å². The van der Waals surface area contributed by atoms with E-state index in [2.05, 4.69) is 21.3 Å². The van der Waals surface area contributed by atoms with Gasteiger partial charge in [0.05, 0.1) is 11.1 Å². The number of rotatable bonds is 1. The summed E-state index contributed by atoms with van der Waals surface area (Å²) in [4.78, 5) is 4.17. The number of nitriles is 2. The number of hydrogen-bond donors (Lipinski definition) is 0. The van der Waals surface area contributed by atoms with Crippen molar-refractivity contribution in [2.24, 2.45) is 0 Å². The van der Waals surface area contributed by atoms with Gasteiger partial charge in [-0.1, -0.05) is 0 Å². The molecule has 0 spiro atoms. The number of hydrogen-bond acceptors (Lipinski definition) is 5. The van der Waals surface area contributed by atoms with Gasteiger partial charge in [0.1, 0.15) is 17.8 Å². The van der Waals surface area contributed by atoms with E-state index >= 15 is 0 Å². The van der Waals surface area contributed by atoms with Crippen LogP contribution in [0.3, 0.4) is 0 Å². The minimum Gasteiger partial charge on any atom is -0.280 e. The van der Waals surface area contributed by atoms with Crippen molar-refractivity contribution in [1.82, 2.24) is 19.6 Å². The third kappa shape index (κ3) is 1.78. The number of aromatic nitrogens is 4. The molecule has 0 aliphatic rings. The molecule has 0 unspecified atom stereocenters. The van der Waals surface area contributed by atoms with Gasteiger partial charge < -0.3 is 0 Å². The second-order valence-corrected chi connectivity index (χ2v) is 3.83. The quantitative estimate of drug-likeness (QED) is 0.649. The zero-order valence-corrected chi connectivity index (χ0v) is 9.65. The van der Waals surface area contributed by atoms with Gasteiger partial charge in [-0.2, -0.15) is 10.5 Å². The van der Waals surface area contributed by atoms with Crippen LogP contribution in [0.4, 0.5) is 0 Å². The second kappa shape index (κ2) is 4.21. The molecule has 0 saturated carbocycles. The Hall–Kier alpha value is -3.25. The molecule has 6 nitrogen and oxygen atoms in total. The first-order valence-corrected chi connectivity index (χ1v) is 5.43. The zero-order valence-electron chi connectivity index (χ0n) is 9.65. The highest BCUT2D eigenvalue weighted by Crippen LogP contribution is 2.16. The molecule has 0 bridgehead atoms. The van der Waals surface area contributed by atoms with E-state index < -0.39 is 0 Å². The molecule has 0 aromatic carbocycles. The van der Waals surface area contributed by atoms with Gasteiger partial charge in [-0.05, 0) is 24.3 Å². The first kappa shape index (κ1) is 10.9. The molecule has 88 valence electrons. The predicted molar refractivity (Wildman–Crippen MR) is 65.6 cm³/mol. The van der Waals surface area contributed by atoms with Crippen LogP contribution in [0.5, 0.6) is 0 Å². The molecule has 3 aromatic rings. The third-order valence-corrected chi connectivity index (χ3v) is 2.65. The Labute approximate surface area is 108 Å². The van der Waals surface area contributed by atoms with Crippen LogP contribution in [0.25, 0.3) is 17.2 Å². The second-order valence-electron chi connectivity index (χ2n) is 3.83. The molecule has 0 fully saturated rings. The van der Waals surface area contributed by atoms with Crippen molar-refractivity contribution in [3.05, 3.63) is 47.8 Å². The molecule has 0 aliphatic heterocycles. The maximum Gasteiger partial charge on any atom is 0.187 e. The van der Waals surface area contributed by atoms with Crippen LogP contribution in [0.2, 0.25) is 0 Å². The van der Waals surface area contributed by atoms with E-state index in [0.29, 0.717) is 28.3 Å². The summed E-state index contributed by atoms with van der Waals surface area (Å²) in [7, 11) is 0. The topological polar surface area (TPSA) is 90.7 Å². The fraction of sp³-hybridized carbons (Fsp3) is 0. The Morgan fingerprint density at radius 1 is 0.947 bits per heavy atom.